The van der Waals surface area contributed by atoms with Crippen molar-refractivity contribution in [2.75, 3.05) is 19.6 Å². The molecule has 1 rings (SSSR count). The highest BCUT2D eigenvalue weighted by atomic mass is 32.2. The lowest BCUT2D eigenvalue weighted by Gasteiger charge is -2.40. The van der Waals surface area contributed by atoms with Crippen molar-refractivity contribution in [3.05, 3.63) is 0 Å². The van der Waals surface area contributed by atoms with E-state index in [0.29, 0.717) is 6.54 Å². The maximum absolute atomic E-state index is 11.1. The predicted molar refractivity (Wildman–Crippen MR) is 65.4 cm³/mol. The second-order valence-corrected chi connectivity index (χ2v) is 7.83. The van der Waals surface area contributed by atoms with Gasteiger partial charge in [0.1, 0.15) is 10.6 Å². The second kappa shape index (κ2) is 5.39. The average molecular weight is 302 g/mol. The lowest BCUT2D eigenvalue weighted by Crippen LogP contribution is -2.61. The predicted octanol–water partition coefficient (Wildman–Crippen LogP) is -1.23. The fourth-order valence-electron chi connectivity index (χ4n) is 2.00. The van der Waals surface area contributed by atoms with Crippen molar-refractivity contribution < 1.29 is 25.9 Å². The van der Waals surface area contributed by atoms with E-state index in [0.717, 1.165) is 0 Å². The van der Waals surface area contributed by atoms with E-state index < -0.39 is 36.9 Å². The Hall–Kier alpha value is -0.260. The molecule has 0 aromatic rings. The summed E-state index contributed by atoms with van der Waals surface area (Å²) < 4.78 is 62.6. The summed E-state index contributed by atoms with van der Waals surface area (Å²) in [6, 6.07) is -0.717. The standard InChI is InChI=1S/C8H18N2O6S2/c1-6(17(11,12)13)8-5-9-3-4-10(8)7(2)18(14,15)16/h6-9H,3-5H2,1-2H3,(H,11,12,13)(H,14,15,16). The highest BCUT2D eigenvalue weighted by Crippen LogP contribution is 2.18. The van der Waals surface area contributed by atoms with Crippen molar-refractivity contribution in [3.8, 4) is 0 Å². The zero-order valence-corrected chi connectivity index (χ0v) is 11.8. The summed E-state index contributed by atoms with van der Waals surface area (Å²) in [5.41, 5.74) is 0. The highest BCUT2D eigenvalue weighted by Gasteiger charge is 2.39. The molecule has 108 valence electrons. The van der Waals surface area contributed by atoms with Crippen LogP contribution in [0.1, 0.15) is 13.8 Å². The van der Waals surface area contributed by atoms with E-state index in [1.807, 2.05) is 0 Å². The number of nitrogens with zero attached hydrogens (tertiary/aromatic N) is 1. The van der Waals surface area contributed by atoms with Crippen LogP contribution in [0.2, 0.25) is 0 Å². The third-order valence-electron chi connectivity index (χ3n) is 3.24. The Morgan fingerprint density at radius 3 is 2.17 bits per heavy atom. The SMILES string of the molecule is CC(C1CNCCN1C(C)S(=O)(=O)O)S(=O)(=O)O. The Balaban J connectivity index is 3.01. The molecule has 0 amide bonds. The van der Waals surface area contributed by atoms with Crippen molar-refractivity contribution in [3.63, 3.8) is 0 Å². The number of nitrogens with one attached hydrogen (secondary N) is 1. The van der Waals surface area contributed by atoms with Gasteiger partial charge in [0, 0.05) is 25.7 Å². The summed E-state index contributed by atoms with van der Waals surface area (Å²) in [5.74, 6) is 0. The van der Waals surface area contributed by atoms with Crippen molar-refractivity contribution in [2.45, 2.75) is 30.5 Å². The molecule has 1 aliphatic heterocycles. The molecule has 0 aromatic carbocycles. The molecule has 0 aliphatic carbocycles. The molecule has 1 fully saturated rings. The van der Waals surface area contributed by atoms with Gasteiger partial charge in [0.15, 0.2) is 0 Å². The van der Waals surface area contributed by atoms with E-state index in [2.05, 4.69) is 5.32 Å². The van der Waals surface area contributed by atoms with Gasteiger partial charge in [-0.25, -0.2) is 0 Å². The zero-order chi connectivity index (χ0) is 14.1. The molecule has 0 aromatic heterocycles. The number of hydrogen-bond acceptors (Lipinski definition) is 6. The minimum Gasteiger partial charge on any atom is -0.314 e. The molecule has 3 atom stereocenters. The maximum Gasteiger partial charge on any atom is 0.280 e. The fourth-order valence-corrected chi connectivity index (χ4v) is 3.25. The van der Waals surface area contributed by atoms with Crippen LogP contribution in [0.25, 0.3) is 0 Å². The second-order valence-electron chi connectivity index (χ2n) is 4.34. The molecule has 1 saturated heterocycles. The molecule has 18 heavy (non-hydrogen) atoms. The quantitative estimate of drug-likeness (QED) is 0.551. The van der Waals surface area contributed by atoms with Crippen LogP contribution < -0.4 is 5.32 Å². The molecule has 0 saturated carbocycles. The van der Waals surface area contributed by atoms with Crippen molar-refractivity contribution in [1.29, 1.82) is 0 Å². The van der Waals surface area contributed by atoms with E-state index >= 15 is 0 Å². The largest absolute Gasteiger partial charge is 0.314 e. The van der Waals surface area contributed by atoms with E-state index in [4.69, 9.17) is 9.11 Å². The molecular formula is C8H18N2O6S2. The summed E-state index contributed by atoms with van der Waals surface area (Å²) in [7, 11) is -8.57. The van der Waals surface area contributed by atoms with Gasteiger partial charge in [0.05, 0.1) is 0 Å². The summed E-state index contributed by atoms with van der Waals surface area (Å²) in [5, 5.41) is 0.572. The zero-order valence-electron chi connectivity index (χ0n) is 10.1. The Morgan fingerprint density at radius 2 is 1.72 bits per heavy atom. The normalized spacial score (nSPS) is 26.8. The lowest BCUT2D eigenvalue weighted by molar-refractivity contribution is 0.141. The van der Waals surface area contributed by atoms with E-state index in [1.54, 1.807) is 0 Å². The van der Waals surface area contributed by atoms with Crippen LogP contribution in [-0.2, 0) is 20.2 Å². The molecule has 1 aliphatic rings. The van der Waals surface area contributed by atoms with Gasteiger partial charge in [-0.2, -0.15) is 16.8 Å². The van der Waals surface area contributed by atoms with Gasteiger partial charge in [-0.1, -0.05) is 0 Å². The van der Waals surface area contributed by atoms with E-state index in [1.165, 1.54) is 18.7 Å². The third kappa shape index (κ3) is 3.62. The molecule has 3 unspecified atom stereocenters. The molecule has 0 spiro atoms. The minimum atomic E-state index is -4.29. The Kier molecular flexibility index (Phi) is 4.73. The van der Waals surface area contributed by atoms with Gasteiger partial charge in [-0.3, -0.25) is 14.0 Å². The van der Waals surface area contributed by atoms with Gasteiger partial charge >= 0.3 is 0 Å². The van der Waals surface area contributed by atoms with Gasteiger partial charge in [0.25, 0.3) is 20.2 Å². The first-order valence-corrected chi connectivity index (χ1v) is 8.45. The third-order valence-corrected chi connectivity index (χ3v) is 5.62. The molecule has 10 heteroatoms. The van der Waals surface area contributed by atoms with Crippen LogP contribution in [0, 0.1) is 0 Å². The Bertz CT molecular complexity index is 442. The monoisotopic (exact) mass is 302 g/mol. The van der Waals surface area contributed by atoms with E-state index in [9.17, 15) is 16.8 Å². The smallest absolute Gasteiger partial charge is 0.280 e. The van der Waals surface area contributed by atoms with Crippen LogP contribution in [0.3, 0.4) is 0 Å². The molecule has 0 bridgehead atoms. The molecule has 3 N–H and O–H groups in total. The van der Waals surface area contributed by atoms with Crippen molar-refractivity contribution >= 4 is 20.2 Å². The Morgan fingerprint density at radius 1 is 1.17 bits per heavy atom. The summed E-state index contributed by atoms with van der Waals surface area (Å²) in [4.78, 5) is 1.37. The lowest BCUT2D eigenvalue weighted by atomic mass is 10.1. The topological polar surface area (TPSA) is 124 Å². The van der Waals surface area contributed by atoms with Crippen LogP contribution in [-0.4, -0.2) is 67.1 Å². The number of hydrogen-bond donors (Lipinski definition) is 3. The molecule has 0 radical (unpaired) electrons. The first kappa shape index (κ1) is 15.8. The van der Waals surface area contributed by atoms with Crippen molar-refractivity contribution in [1.82, 2.24) is 10.2 Å². The summed E-state index contributed by atoms with van der Waals surface area (Å²) >= 11 is 0. The minimum absolute atomic E-state index is 0.223. The number of rotatable bonds is 4. The van der Waals surface area contributed by atoms with Gasteiger partial charge in [-0.15, -0.1) is 0 Å². The molecule has 8 nitrogen and oxygen atoms in total. The fraction of sp³-hybridized carbons (Fsp3) is 1.00. The highest BCUT2D eigenvalue weighted by molar-refractivity contribution is 7.86. The van der Waals surface area contributed by atoms with Crippen LogP contribution in [0.5, 0.6) is 0 Å². The van der Waals surface area contributed by atoms with Crippen molar-refractivity contribution in [2.24, 2.45) is 0 Å². The summed E-state index contributed by atoms with van der Waals surface area (Å²) in [6.07, 6.45) is 0. The first-order chi connectivity index (χ1) is 8.05. The summed E-state index contributed by atoms with van der Waals surface area (Å²) in [6.45, 7) is 3.56. The average Bonchev–Trinajstić information content (AvgIpc) is 2.24. The van der Waals surface area contributed by atoms with Gasteiger partial charge < -0.3 is 5.32 Å². The van der Waals surface area contributed by atoms with E-state index in [-0.39, 0.29) is 13.1 Å². The van der Waals surface area contributed by atoms with Gasteiger partial charge in [0.2, 0.25) is 0 Å². The molecular weight excluding hydrogens is 284 g/mol. The van der Waals surface area contributed by atoms with Crippen LogP contribution in [0.15, 0.2) is 0 Å². The Labute approximate surface area is 107 Å². The maximum atomic E-state index is 11.1. The number of piperazine rings is 1. The van der Waals surface area contributed by atoms with Crippen LogP contribution in [0.4, 0.5) is 0 Å². The first-order valence-electron chi connectivity index (χ1n) is 5.44. The van der Waals surface area contributed by atoms with Crippen LogP contribution >= 0.6 is 0 Å². The van der Waals surface area contributed by atoms with Gasteiger partial charge in [-0.05, 0) is 13.8 Å². The molecule has 1 heterocycles.